The van der Waals surface area contributed by atoms with Gasteiger partial charge in [0, 0.05) is 23.4 Å². The number of hydrogen-bond acceptors (Lipinski definition) is 7. The van der Waals surface area contributed by atoms with Gasteiger partial charge >= 0.3 is 6.18 Å². The first-order valence-electron chi connectivity index (χ1n) is 11.4. The molecule has 1 aliphatic carbocycles. The predicted octanol–water partition coefficient (Wildman–Crippen LogP) is 4.18. The molecule has 12 heteroatoms. The highest BCUT2D eigenvalue weighted by Crippen LogP contribution is 2.36. The molecule has 1 saturated carbocycles. The normalized spacial score (nSPS) is 18.3. The summed E-state index contributed by atoms with van der Waals surface area (Å²) in [7, 11) is 0. The van der Waals surface area contributed by atoms with Crippen LogP contribution in [0.5, 0.6) is 0 Å². The third-order valence-electron chi connectivity index (χ3n) is 6.35. The van der Waals surface area contributed by atoms with Crippen LogP contribution in [0.3, 0.4) is 0 Å². The van der Waals surface area contributed by atoms with Crippen LogP contribution in [0, 0.1) is 0 Å². The number of halogens is 3. The Balaban J connectivity index is 1.42. The van der Waals surface area contributed by atoms with Gasteiger partial charge in [0.25, 0.3) is 5.91 Å². The molecule has 3 aromatic heterocycles. The zero-order chi connectivity index (χ0) is 25.4. The monoisotopic (exact) mass is 496 g/mol. The Labute approximate surface area is 203 Å². The maximum absolute atomic E-state index is 12.9. The Morgan fingerprint density at radius 1 is 1.03 bits per heavy atom. The minimum Gasteiger partial charge on any atom is -0.383 e. The summed E-state index contributed by atoms with van der Waals surface area (Å²) in [6.45, 7) is 0. The van der Waals surface area contributed by atoms with Crippen molar-refractivity contribution in [3.63, 3.8) is 0 Å². The first-order valence-corrected chi connectivity index (χ1v) is 11.4. The second kappa shape index (κ2) is 9.19. The highest BCUT2D eigenvalue weighted by atomic mass is 19.4. The maximum Gasteiger partial charge on any atom is 0.416 e. The van der Waals surface area contributed by atoms with Crippen LogP contribution in [0.25, 0.3) is 22.3 Å². The number of hydrogen-bond donors (Lipinski definition) is 3. The Kier molecular flexibility index (Phi) is 6.04. The van der Waals surface area contributed by atoms with Crippen molar-refractivity contribution in [2.75, 3.05) is 11.1 Å². The van der Waals surface area contributed by atoms with Crippen LogP contribution < -0.4 is 16.8 Å². The van der Waals surface area contributed by atoms with Crippen LogP contribution in [0.2, 0.25) is 0 Å². The fourth-order valence-electron chi connectivity index (χ4n) is 4.44. The number of carbonyl (C=O) groups excluding carboxylic acids is 1. The molecule has 5 N–H and O–H groups in total. The van der Waals surface area contributed by atoms with Crippen LogP contribution in [0.1, 0.15) is 47.6 Å². The van der Waals surface area contributed by atoms with E-state index in [1.165, 1.54) is 6.33 Å². The molecule has 0 unspecified atom stereocenters. The number of nitrogen functional groups attached to an aromatic ring is 1. The number of rotatable bonds is 4. The van der Waals surface area contributed by atoms with Crippen molar-refractivity contribution < 1.29 is 18.0 Å². The van der Waals surface area contributed by atoms with Gasteiger partial charge in [-0.25, -0.2) is 19.6 Å². The number of pyridine rings is 1. The van der Waals surface area contributed by atoms with E-state index >= 15 is 0 Å². The van der Waals surface area contributed by atoms with E-state index in [0.717, 1.165) is 44.0 Å². The number of carbonyl (C=O) groups is 1. The van der Waals surface area contributed by atoms with Gasteiger partial charge in [-0.1, -0.05) is 12.1 Å². The van der Waals surface area contributed by atoms with Gasteiger partial charge in [0.15, 0.2) is 5.65 Å². The molecule has 36 heavy (non-hydrogen) atoms. The number of nitrogens with one attached hydrogen (secondary N) is 1. The van der Waals surface area contributed by atoms with Crippen molar-refractivity contribution >= 4 is 28.6 Å². The lowest BCUT2D eigenvalue weighted by Crippen LogP contribution is -2.28. The molecule has 0 bridgehead atoms. The summed E-state index contributed by atoms with van der Waals surface area (Å²) in [4.78, 5) is 25.0. The van der Waals surface area contributed by atoms with Crippen LogP contribution in [-0.2, 0) is 6.18 Å². The Hall–Kier alpha value is -4.06. The molecule has 0 aliphatic heterocycles. The van der Waals surface area contributed by atoms with Gasteiger partial charge in [0.2, 0.25) is 0 Å². The van der Waals surface area contributed by atoms with Gasteiger partial charge in [-0.2, -0.15) is 18.3 Å². The molecule has 186 valence electrons. The molecular weight excluding hydrogens is 473 g/mol. The van der Waals surface area contributed by atoms with Crippen molar-refractivity contribution in [2.45, 2.75) is 43.9 Å². The molecule has 1 aliphatic rings. The van der Waals surface area contributed by atoms with Crippen molar-refractivity contribution in [3.8, 4) is 11.3 Å². The van der Waals surface area contributed by atoms with Crippen LogP contribution in [-0.4, -0.2) is 36.7 Å². The Bertz CT molecular complexity index is 1410. The summed E-state index contributed by atoms with van der Waals surface area (Å²) in [6.07, 6.45) is 1.41. The summed E-state index contributed by atoms with van der Waals surface area (Å²) in [5.41, 5.74) is 13.5. The third-order valence-corrected chi connectivity index (χ3v) is 6.35. The number of nitrogens with zero attached hydrogens (tertiary/aromatic N) is 5. The molecule has 1 aromatic carbocycles. The van der Waals surface area contributed by atoms with Gasteiger partial charge in [0.05, 0.1) is 17.0 Å². The Morgan fingerprint density at radius 2 is 1.75 bits per heavy atom. The number of amides is 1. The first-order chi connectivity index (χ1) is 17.2. The minimum absolute atomic E-state index is 0.139. The third kappa shape index (κ3) is 4.59. The first kappa shape index (κ1) is 23.7. The average Bonchev–Trinajstić information content (AvgIpc) is 3.25. The van der Waals surface area contributed by atoms with E-state index < -0.39 is 17.6 Å². The molecule has 5 rings (SSSR count). The standard InChI is InChI=1S/C24H23F3N8O/c25-24(26,27)15-9-10-30-18(11-15)33-23(36)14-3-1-13(2-4-14)20-19-21(29)31-12-32-22(19)35(34-20)17-7-5-16(28)6-8-17/h1-4,9-12,16-17H,5-8,28H2,(H2,29,31,32)(H,30,33,36)/t16-,17-. The predicted molar refractivity (Wildman–Crippen MR) is 128 cm³/mol. The number of nitrogens with two attached hydrogens (primary N) is 2. The molecule has 9 nitrogen and oxygen atoms in total. The molecule has 1 amide bonds. The van der Waals surface area contributed by atoms with Gasteiger partial charge in [-0.15, -0.1) is 0 Å². The lowest BCUT2D eigenvalue weighted by atomic mass is 9.92. The molecule has 0 atom stereocenters. The van der Waals surface area contributed by atoms with E-state index in [-0.39, 0.29) is 23.5 Å². The zero-order valence-corrected chi connectivity index (χ0v) is 19.0. The van der Waals surface area contributed by atoms with E-state index in [1.807, 2.05) is 4.68 Å². The van der Waals surface area contributed by atoms with Crippen molar-refractivity contribution in [1.82, 2.24) is 24.7 Å². The number of alkyl halides is 3. The number of anilines is 2. The van der Waals surface area contributed by atoms with Crippen molar-refractivity contribution in [3.05, 3.63) is 60.0 Å². The fraction of sp³-hybridized carbons (Fsp3) is 0.292. The topological polar surface area (TPSA) is 138 Å². The SMILES string of the molecule is Nc1ncnc2c1c(-c1ccc(C(=O)Nc3cc(C(F)(F)F)ccn3)cc1)nn2[C@H]1CC[C@H](N)CC1. The van der Waals surface area contributed by atoms with Gasteiger partial charge in [-0.05, 0) is 49.9 Å². The van der Waals surface area contributed by atoms with E-state index in [9.17, 15) is 18.0 Å². The minimum atomic E-state index is -4.54. The molecular formula is C24H23F3N8O. The molecule has 1 fully saturated rings. The summed E-state index contributed by atoms with van der Waals surface area (Å²) < 4.78 is 40.7. The fourth-order valence-corrected chi connectivity index (χ4v) is 4.44. The second-order valence-corrected chi connectivity index (χ2v) is 8.78. The Morgan fingerprint density at radius 3 is 2.44 bits per heavy atom. The summed E-state index contributed by atoms with van der Waals surface area (Å²) in [5.74, 6) is -0.489. The molecule has 0 spiro atoms. The van der Waals surface area contributed by atoms with Crippen molar-refractivity contribution in [2.24, 2.45) is 5.73 Å². The smallest absolute Gasteiger partial charge is 0.383 e. The summed E-state index contributed by atoms with van der Waals surface area (Å²) >= 11 is 0. The van der Waals surface area contributed by atoms with E-state index in [0.29, 0.717) is 28.1 Å². The lowest BCUT2D eigenvalue weighted by Gasteiger charge is -2.26. The van der Waals surface area contributed by atoms with Gasteiger partial charge in [0.1, 0.15) is 23.7 Å². The van der Waals surface area contributed by atoms with E-state index in [4.69, 9.17) is 16.6 Å². The molecule has 4 aromatic rings. The van der Waals surface area contributed by atoms with Gasteiger partial charge < -0.3 is 16.8 Å². The second-order valence-electron chi connectivity index (χ2n) is 8.78. The maximum atomic E-state index is 12.9. The molecule has 0 radical (unpaired) electrons. The van der Waals surface area contributed by atoms with E-state index in [2.05, 4.69) is 20.3 Å². The lowest BCUT2D eigenvalue weighted by molar-refractivity contribution is -0.137. The van der Waals surface area contributed by atoms with Crippen LogP contribution in [0.4, 0.5) is 24.8 Å². The largest absolute Gasteiger partial charge is 0.416 e. The zero-order valence-electron chi connectivity index (χ0n) is 19.0. The molecule has 3 heterocycles. The van der Waals surface area contributed by atoms with E-state index in [1.54, 1.807) is 24.3 Å². The quantitative estimate of drug-likeness (QED) is 0.385. The van der Waals surface area contributed by atoms with Crippen molar-refractivity contribution in [1.29, 1.82) is 0 Å². The van der Waals surface area contributed by atoms with Crippen LogP contribution >= 0.6 is 0 Å². The highest BCUT2D eigenvalue weighted by Gasteiger charge is 2.31. The number of benzene rings is 1. The number of aromatic nitrogens is 5. The summed E-state index contributed by atoms with van der Waals surface area (Å²) in [6, 6.07) is 8.46. The highest BCUT2D eigenvalue weighted by molar-refractivity contribution is 6.04. The van der Waals surface area contributed by atoms with Gasteiger partial charge in [-0.3, -0.25) is 4.79 Å². The average molecular weight is 496 g/mol. The van der Waals surface area contributed by atoms with Crippen LogP contribution in [0.15, 0.2) is 48.9 Å². The summed E-state index contributed by atoms with van der Waals surface area (Å²) in [5, 5.41) is 7.84. The number of fused-ring (bicyclic) bond motifs is 1. The molecule has 0 saturated heterocycles.